The number of H-pyrrole nitrogens is 1. The highest BCUT2D eigenvalue weighted by Crippen LogP contribution is 2.36. The van der Waals surface area contributed by atoms with Crippen molar-refractivity contribution in [3.05, 3.63) is 82.7 Å². The average molecular weight is 593 g/mol. The van der Waals surface area contributed by atoms with E-state index in [4.69, 9.17) is 4.74 Å². The van der Waals surface area contributed by atoms with Crippen molar-refractivity contribution in [3.63, 3.8) is 0 Å². The van der Waals surface area contributed by atoms with Crippen molar-refractivity contribution < 1.29 is 22.7 Å². The summed E-state index contributed by atoms with van der Waals surface area (Å²) in [5.41, 5.74) is 2.67. The molecule has 0 radical (unpaired) electrons. The van der Waals surface area contributed by atoms with E-state index >= 15 is 0 Å². The topological polar surface area (TPSA) is 77.6 Å². The summed E-state index contributed by atoms with van der Waals surface area (Å²) >= 11 is 0. The van der Waals surface area contributed by atoms with E-state index in [1.807, 2.05) is 25.1 Å². The zero-order chi connectivity index (χ0) is 30.1. The molecule has 0 spiro atoms. The zero-order valence-electron chi connectivity index (χ0n) is 24.3. The minimum absolute atomic E-state index is 0.0934. The van der Waals surface area contributed by atoms with E-state index in [-0.39, 0.29) is 30.5 Å². The Kier molecular flexibility index (Phi) is 8.11. The Hall–Kier alpha value is -3.96. The maximum absolute atomic E-state index is 14.1. The van der Waals surface area contributed by atoms with Gasteiger partial charge in [-0.2, -0.15) is 18.3 Å². The first kappa shape index (κ1) is 29.1. The zero-order valence-corrected chi connectivity index (χ0v) is 24.3. The molecule has 226 valence electrons. The molecule has 1 amide bonds. The number of amides is 1. The number of fused-ring (bicyclic) bond motifs is 2. The fourth-order valence-corrected chi connectivity index (χ4v) is 6.16. The monoisotopic (exact) mass is 592 g/mol. The van der Waals surface area contributed by atoms with Crippen LogP contribution in [0.3, 0.4) is 0 Å². The quantitative estimate of drug-likeness (QED) is 0.301. The van der Waals surface area contributed by atoms with Crippen LogP contribution < -0.4 is 4.74 Å². The molecule has 1 fully saturated rings. The number of aromatic amines is 1. The molecular formula is C32H35F3N6O2. The van der Waals surface area contributed by atoms with Gasteiger partial charge < -0.3 is 14.5 Å². The molecule has 0 saturated carbocycles. The SMILES string of the molecule is CCN1CCN(Cc2ccc(CC(=O)N3CCc4ccc(Oc5ccnc6[nH]ncc56)cc4[C@@H]3C)cc2C(F)(F)F)CC1. The number of piperazine rings is 1. The Morgan fingerprint density at radius 3 is 2.60 bits per heavy atom. The molecule has 4 heterocycles. The van der Waals surface area contributed by atoms with E-state index < -0.39 is 11.7 Å². The van der Waals surface area contributed by atoms with Gasteiger partial charge in [0.25, 0.3) is 0 Å². The van der Waals surface area contributed by atoms with Crippen molar-refractivity contribution in [2.45, 2.75) is 45.5 Å². The van der Waals surface area contributed by atoms with Crippen LogP contribution in [0.1, 0.15) is 47.7 Å². The molecule has 8 nitrogen and oxygen atoms in total. The van der Waals surface area contributed by atoms with Gasteiger partial charge in [0.15, 0.2) is 5.65 Å². The van der Waals surface area contributed by atoms with Crippen molar-refractivity contribution in [1.82, 2.24) is 29.9 Å². The molecule has 0 bridgehead atoms. The third-order valence-corrected chi connectivity index (χ3v) is 8.66. The number of hydrogen-bond donors (Lipinski definition) is 1. The number of alkyl halides is 3. The van der Waals surface area contributed by atoms with Crippen LogP contribution in [-0.4, -0.2) is 75.1 Å². The number of carbonyl (C=O) groups is 1. The number of ether oxygens (including phenoxy) is 1. The second-order valence-corrected chi connectivity index (χ2v) is 11.3. The van der Waals surface area contributed by atoms with Gasteiger partial charge in [0.1, 0.15) is 11.5 Å². The lowest BCUT2D eigenvalue weighted by atomic mass is 9.92. The van der Waals surface area contributed by atoms with E-state index in [2.05, 4.69) is 31.9 Å². The average Bonchev–Trinajstić information content (AvgIpc) is 3.48. The number of nitrogens with zero attached hydrogens (tertiary/aromatic N) is 5. The molecule has 2 aliphatic rings. The van der Waals surface area contributed by atoms with Crippen LogP contribution in [0.4, 0.5) is 13.2 Å². The summed E-state index contributed by atoms with van der Waals surface area (Å²) in [6.45, 7) is 8.92. The number of pyridine rings is 1. The Morgan fingerprint density at radius 2 is 1.84 bits per heavy atom. The van der Waals surface area contributed by atoms with E-state index in [9.17, 15) is 18.0 Å². The fraction of sp³-hybridized carbons (Fsp3) is 0.406. The third-order valence-electron chi connectivity index (χ3n) is 8.66. The molecule has 1 N–H and O–H groups in total. The molecule has 0 unspecified atom stereocenters. The second kappa shape index (κ2) is 12.0. The molecular weight excluding hydrogens is 557 g/mol. The minimum Gasteiger partial charge on any atom is -0.456 e. The van der Waals surface area contributed by atoms with Gasteiger partial charge in [0, 0.05) is 45.5 Å². The van der Waals surface area contributed by atoms with Crippen molar-refractivity contribution in [3.8, 4) is 11.5 Å². The first-order chi connectivity index (χ1) is 20.7. The number of benzene rings is 2. The highest BCUT2D eigenvalue weighted by atomic mass is 19.4. The van der Waals surface area contributed by atoms with Crippen LogP contribution in [0.15, 0.2) is 54.9 Å². The maximum atomic E-state index is 14.1. The molecule has 0 aliphatic carbocycles. The smallest absolute Gasteiger partial charge is 0.416 e. The standard InChI is InChI=1S/C32H35F3N6O2/c1-3-39-12-14-40(15-13-39)20-24-5-4-22(16-28(24)32(33,34)35)17-30(42)41-11-9-23-6-7-25(18-26(23)21(41)2)43-29-8-10-36-31-27(29)19-37-38-31/h4-8,10,16,18-19,21H,3,9,11-15,17,20H2,1-2H3,(H,36,37,38)/t21-/m0/s1. The van der Waals surface area contributed by atoms with Gasteiger partial charge in [-0.3, -0.25) is 14.8 Å². The lowest BCUT2D eigenvalue weighted by Crippen LogP contribution is -2.45. The number of hydrogen-bond acceptors (Lipinski definition) is 6. The number of aromatic nitrogens is 3. The predicted octanol–water partition coefficient (Wildman–Crippen LogP) is 5.59. The number of halogens is 3. The molecule has 1 atom stereocenters. The Bertz CT molecular complexity index is 1610. The van der Waals surface area contributed by atoms with Crippen LogP contribution in [0, 0.1) is 0 Å². The van der Waals surface area contributed by atoms with Crippen molar-refractivity contribution in [1.29, 1.82) is 0 Å². The van der Waals surface area contributed by atoms with Gasteiger partial charge in [-0.1, -0.05) is 25.1 Å². The number of rotatable bonds is 7. The Morgan fingerprint density at radius 1 is 1.05 bits per heavy atom. The van der Waals surface area contributed by atoms with E-state index in [1.54, 1.807) is 35.5 Å². The molecule has 2 aliphatic heterocycles. The largest absolute Gasteiger partial charge is 0.456 e. The van der Waals surface area contributed by atoms with Crippen LogP contribution in [0.2, 0.25) is 0 Å². The van der Waals surface area contributed by atoms with Gasteiger partial charge in [0.2, 0.25) is 5.91 Å². The van der Waals surface area contributed by atoms with Gasteiger partial charge in [-0.25, -0.2) is 4.98 Å². The van der Waals surface area contributed by atoms with Crippen molar-refractivity contribution in [2.24, 2.45) is 0 Å². The predicted molar refractivity (Wildman–Crippen MR) is 157 cm³/mol. The minimum atomic E-state index is -4.50. The summed E-state index contributed by atoms with van der Waals surface area (Å²) < 4.78 is 48.6. The number of carbonyl (C=O) groups excluding carboxylic acids is 1. The first-order valence-electron chi connectivity index (χ1n) is 14.7. The summed E-state index contributed by atoms with van der Waals surface area (Å²) in [4.78, 5) is 23.8. The first-order valence-corrected chi connectivity index (χ1v) is 14.7. The van der Waals surface area contributed by atoms with Gasteiger partial charge >= 0.3 is 6.18 Å². The van der Waals surface area contributed by atoms with Crippen LogP contribution in [0.25, 0.3) is 11.0 Å². The second-order valence-electron chi connectivity index (χ2n) is 11.3. The van der Waals surface area contributed by atoms with E-state index in [0.717, 1.165) is 55.3 Å². The molecule has 6 rings (SSSR count). The normalized spacial score (nSPS) is 18.2. The Balaban J connectivity index is 1.16. The van der Waals surface area contributed by atoms with E-state index in [0.29, 0.717) is 35.7 Å². The van der Waals surface area contributed by atoms with Gasteiger partial charge in [-0.05, 0) is 66.4 Å². The van der Waals surface area contributed by atoms with Crippen LogP contribution in [0.5, 0.6) is 11.5 Å². The summed E-state index contributed by atoms with van der Waals surface area (Å²) in [5, 5.41) is 7.61. The highest BCUT2D eigenvalue weighted by molar-refractivity contribution is 5.81. The van der Waals surface area contributed by atoms with Crippen molar-refractivity contribution in [2.75, 3.05) is 39.3 Å². The van der Waals surface area contributed by atoms with Crippen LogP contribution >= 0.6 is 0 Å². The molecule has 11 heteroatoms. The third kappa shape index (κ3) is 6.23. The maximum Gasteiger partial charge on any atom is 0.416 e. The molecule has 2 aromatic heterocycles. The molecule has 1 saturated heterocycles. The lowest BCUT2D eigenvalue weighted by Gasteiger charge is -2.36. The van der Waals surface area contributed by atoms with Gasteiger partial charge in [-0.15, -0.1) is 0 Å². The molecule has 2 aromatic carbocycles. The van der Waals surface area contributed by atoms with Crippen LogP contribution in [-0.2, 0) is 30.4 Å². The summed E-state index contributed by atoms with van der Waals surface area (Å²) in [7, 11) is 0. The lowest BCUT2D eigenvalue weighted by molar-refractivity contribution is -0.139. The molecule has 4 aromatic rings. The van der Waals surface area contributed by atoms with E-state index in [1.165, 1.54) is 0 Å². The summed E-state index contributed by atoms with van der Waals surface area (Å²) in [6, 6.07) is 11.7. The van der Waals surface area contributed by atoms with Gasteiger partial charge in [0.05, 0.1) is 29.6 Å². The number of likely N-dealkylation sites (N-methyl/N-ethyl adjacent to an activating group) is 1. The fourth-order valence-electron chi connectivity index (χ4n) is 6.16. The summed E-state index contributed by atoms with van der Waals surface area (Å²) in [6.07, 6.45) is -0.635. The summed E-state index contributed by atoms with van der Waals surface area (Å²) in [5.74, 6) is 1.03. The number of nitrogens with one attached hydrogen (secondary N) is 1. The Labute approximate surface area is 248 Å². The highest BCUT2D eigenvalue weighted by Gasteiger charge is 2.35. The molecule has 43 heavy (non-hydrogen) atoms. The van der Waals surface area contributed by atoms with Crippen molar-refractivity contribution >= 4 is 16.9 Å².